The highest BCUT2D eigenvalue weighted by Gasteiger charge is 2.21. The molecule has 1 aromatic rings. The summed E-state index contributed by atoms with van der Waals surface area (Å²) in [6.07, 6.45) is 2.34. The van der Waals surface area contributed by atoms with Crippen molar-refractivity contribution in [3.05, 3.63) is 30.1 Å². The van der Waals surface area contributed by atoms with Crippen LogP contribution in [0.4, 0.5) is 10.1 Å². The number of piperidine rings is 1. The van der Waals surface area contributed by atoms with Crippen molar-refractivity contribution in [3.8, 4) is 0 Å². The second-order valence-corrected chi connectivity index (χ2v) is 5.96. The van der Waals surface area contributed by atoms with Gasteiger partial charge in [-0.1, -0.05) is 13.0 Å². The molecule has 1 saturated heterocycles. The first-order valence-electron chi connectivity index (χ1n) is 7.79. The monoisotopic (exact) mass is 306 g/mol. The minimum Gasteiger partial charge on any atom is -0.343 e. The average molecular weight is 306 g/mol. The first-order chi connectivity index (χ1) is 10.5. The third-order valence-corrected chi connectivity index (χ3v) is 4.19. The zero-order valence-corrected chi connectivity index (χ0v) is 13.2. The number of carbonyl (C=O) groups excluding carboxylic acids is 2. The van der Waals surface area contributed by atoms with Gasteiger partial charge in [0.05, 0.1) is 0 Å². The van der Waals surface area contributed by atoms with Crippen LogP contribution in [0.1, 0.15) is 33.1 Å². The van der Waals surface area contributed by atoms with Crippen molar-refractivity contribution in [2.45, 2.75) is 33.1 Å². The Labute approximate surface area is 130 Å². The van der Waals surface area contributed by atoms with Crippen molar-refractivity contribution in [3.63, 3.8) is 0 Å². The summed E-state index contributed by atoms with van der Waals surface area (Å²) >= 11 is 0. The minimum absolute atomic E-state index is 0.0644. The molecule has 0 N–H and O–H groups in total. The molecule has 0 saturated carbocycles. The van der Waals surface area contributed by atoms with Gasteiger partial charge in [0.1, 0.15) is 5.82 Å². The van der Waals surface area contributed by atoms with Gasteiger partial charge in [0, 0.05) is 38.7 Å². The Morgan fingerprint density at radius 2 is 2.00 bits per heavy atom. The van der Waals surface area contributed by atoms with Gasteiger partial charge in [0.25, 0.3) is 0 Å². The van der Waals surface area contributed by atoms with E-state index in [-0.39, 0.29) is 30.6 Å². The van der Waals surface area contributed by atoms with Gasteiger partial charge in [0.2, 0.25) is 11.8 Å². The summed E-state index contributed by atoms with van der Waals surface area (Å²) in [7, 11) is 0. The molecule has 0 spiro atoms. The molecule has 0 bridgehead atoms. The highest BCUT2D eigenvalue weighted by Crippen LogP contribution is 2.19. The summed E-state index contributed by atoms with van der Waals surface area (Å²) in [6.45, 7) is 5.49. The van der Waals surface area contributed by atoms with Crippen molar-refractivity contribution in [2.24, 2.45) is 5.92 Å². The second-order valence-electron chi connectivity index (χ2n) is 5.96. The quantitative estimate of drug-likeness (QED) is 0.858. The van der Waals surface area contributed by atoms with Gasteiger partial charge in [-0.15, -0.1) is 0 Å². The lowest BCUT2D eigenvalue weighted by molar-refractivity contribution is -0.132. The van der Waals surface area contributed by atoms with Gasteiger partial charge in [0.15, 0.2) is 0 Å². The topological polar surface area (TPSA) is 40.6 Å². The van der Waals surface area contributed by atoms with E-state index >= 15 is 0 Å². The Morgan fingerprint density at radius 1 is 1.32 bits per heavy atom. The van der Waals surface area contributed by atoms with Crippen LogP contribution in [-0.2, 0) is 9.59 Å². The molecule has 1 aliphatic heterocycles. The SMILES string of the molecule is CC(=O)N(CCC(=O)N1CCC(C)CC1)c1cccc(F)c1. The highest BCUT2D eigenvalue weighted by atomic mass is 19.1. The molecular weight excluding hydrogens is 283 g/mol. The lowest BCUT2D eigenvalue weighted by Gasteiger charge is -2.31. The van der Waals surface area contributed by atoms with Crippen molar-refractivity contribution >= 4 is 17.5 Å². The van der Waals surface area contributed by atoms with Crippen LogP contribution in [0.25, 0.3) is 0 Å². The first-order valence-corrected chi connectivity index (χ1v) is 7.79. The van der Waals surface area contributed by atoms with Gasteiger partial charge in [-0.25, -0.2) is 4.39 Å². The first kappa shape index (κ1) is 16.5. The highest BCUT2D eigenvalue weighted by molar-refractivity contribution is 5.92. The molecule has 1 fully saturated rings. The predicted octanol–water partition coefficient (Wildman–Crippen LogP) is 2.83. The van der Waals surface area contributed by atoms with Crippen LogP contribution in [-0.4, -0.2) is 36.3 Å². The number of hydrogen-bond donors (Lipinski definition) is 0. The molecule has 2 rings (SSSR count). The molecule has 0 aromatic heterocycles. The number of halogens is 1. The summed E-state index contributed by atoms with van der Waals surface area (Å²) in [6, 6.07) is 5.89. The molecule has 5 heteroatoms. The van der Waals surface area contributed by atoms with Crippen LogP contribution < -0.4 is 4.90 Å². The van der Waals surface area contributed by atoms with Gasteiger partial charge in [-0.05, 0) is 37.0 Å². The Kier molecular flexibility index (Phi) is 5.52. The lowest BCUT2D eigenvalue weighted by Crippen LogP contribution is -2.40. The third kappa shape index (κ3) is 4.29. The summed E-state index contributed by atoms with van der Waals surface area (Å²) in [4.78, 5) is 27.3. The molecule has 0 aliphatic carbocycles. The van der Waals surface area contributed by atoms with E-state index in [2.05, 4.69) is 6.92 Å². The van der Waals surface area contributed by atoms with Crippen molar-refractivity contribution in [1.82, 2.24) is 4.90 Å². The molecule has 0 unspecified atom stereocenters. The lowest BCUT2D eigenvalue weighted by atomic mass is 9.99. The molecule has 1 aromatic carbocycles. The maximum atomic E-state index is 13.3. The molecule has 120 valence electrons. The van der Waals surface area contributed by atoms with E-state index in [1.807, 2.05) is 4.90 Å². The summed E-state index contributed by atoms with van der Waals surface area (Å²) in [5.41, 5.74) is 0.493. The zero-order chi connectivity index (χ0) is 16.1. The number of hydrogen-bond acceptors (Lipinski definition) is 2. The van der Waals surface area contributed by atoms with Gasteiger partial charge in [-0.3, -0.25) is 9.59 Å². The standard InChI is InChI=1S/C17H23FN2O2/c1-13-6-9-19(10-7-13)17(22)8-11-20(14(2)21)16-5-3-4-15(18)12-16/h3-5,12-13H,6-11H2,1-2H3. The zero-order valence-electron chi connectivity index (χ0n) is 13.2. The number of nitrogens with zero attached hydrogens (tertiary/aromatic N) is 2. The summed E-state index contributed by atoms with van der Waals surface area (Å²) in [5.74, 6) is 0.158. The Bertz CT molecular complexity index is 539. The van der Waals surface area contributed by atoms with Gasteiger partial charge < -0.3 is 9.80 Å². The smallest absolute Gasteiger partial charge is 0.224 e. The fourth-order valence-electron chi connectivity index (χ4n) is 2.74. The fraction of sp³-hybridized carbons (Fsp3) is 0.529. The maximum Gasteiger partial charge on any atom is 0.224 e. The van der Waals surface area contributed by atoms with E-state index in [0.29, 0.717) is 11.6 Å². The van der Waals surface area contributed by atoms with Gasteiger partial charge in [-0.2, -0.15) is 0 Å². The number of anilines is 1. The van der Waals surface area contributed by atoms with E-state index in [4.69, 9.17) is 0 Å². The van der Waals surface area contributed by atoms with Crippen LogP contribution >= 0.6 is 0 Å². The molecule has 22 heavy (non-hydrogen) atoms. The Balaban J connectivity index is 1.95. The Morgan fingerprint density at radius 3 is 2.59 bits per heavy atom. The van der Waals surface area contributed by atoms with E-state index in [1.54, 1.807) is 12.1 Å². The molecule has 1 heterocycles. The van der Waals surface area contributed by atoms with E-state index in [9.17, 15) is 14.0 Å². The molecular formula is C17H23FN2O2. The predicted molar refractivity (Wildman–Crippen MR) is 84.0 cm³/mol. The van der Waals surface area contributed by atoms with E-state index in [1.165, 1.54) is 24.0 Å². The number of rotatable bonds is 4. The normalized spacial score (nSPS) is 15.7. The summed E-state index contributed by atoms with van der Waals surface area (Å²) < 4.78 is 13.3. The molecule has 1 aliphatic rings. The van der Waals surface area contributed by atoms with Crippen LogP contribution in [0.15, 0.2) is 24.3 Å². The summed E-state index contributed by atoms with van der Waals surface area (Å²) in [5, 5.41) is 0. The molecule has 0 atom stereocenters. The molecule has 4 nitrogen and oxygen atoms in total. The number of benzene rings is 1. The third-order valence-electron chi connectivity index (χ3n) is 4.19. The average Bonchev–Trinajstić information content (AvgIpc) is 2.47. The van der Waals surface area contributed by atoms with Crippen molar-refractivity contribution < 1.29 is 14.0 Å². The number of likely N-dealkylation sites (tertiary alicyclic amines) is 1. The van der Waals surface area contributed by atoms with Gasteiger partial charge >= 0.3 is 0 Å². The Hall–Kier alpha value is -1.91. The van der Waals surface area contributed by atoms with Crippen LogP contribution in [0, 0.1) is 11.7 Å². The number of amides is 2. The molecule has 2 amide bonds. The second kappa shape index (κ2) is 7.38. The van der Waals surface area contributed by atoms with Crippen LogP contribution in [0.2, 0.25) is 0 Å². The van der Waals surface area contributed by atoms with E-state index < -0.39 is 0 Å². The van der Waals surface area contributed by atoms with Crippen molar-refractivity contribution in [2.75, 3.05) is 24.5 Å². The van der Waals surface area contributed by atoms with E-state index in [0.717, 1.165) is 25.9 Å². The number of carbonyl (C=O) groups is 2. The molecule has 0 radical (unpaired) electrons. The van der Waals surface area contributed by atoms with Crippen LogP contribution in [0.3, 0.4) is 0 Å². The minimum atomic E-state index is -0.389. The van der Waals surface area contributed by atoms with Crippen LogP contribution in [0.5, 0.6) is 0 Å². The maximum absolute atomic E-state index is 13.3. The van der Waals surface area contributed by atoms with Crippen molar-refractivity contribution in [1.29, 1.82) is 0 Å². The fourth-order valence-corrected chi connectivity index (χ4v) is 2.74. The largest absolute Gasteiger partial charge is 0.343 e.